The van der Waals surface area contributed by atoms with E-state index in [2.05, 4.69) is 10.2 Å². The van der Waals surface area contributed by atoms with Gasteiger partial charge in [0.05, 0.1) is 18.3 Å². The van der Waals surface area contributed by atoms with Crippen LogP contribution in [0.15, 0.2) is 24.4 Å². The van der Waals surface area contributed by atoms with Gasteiger partial charge in [-0.15, -0.1) is 0 Å². The molecule has 0 saturated heterocycles. The Bertz CT molecular complexity index is 566. The largest absolute Gasteiger partial charge is 0.481 e. The van der Waals surface area contributed by atoms with Gasteiger partial charge in [-0.05, 0) is 12.1 Å². The summed E-state index contributed by atoms with van der Waals surface area (Å²) in [5.41, 5.74) is 0.726. The number of hydrogen-bond donors (Lipinski definition) is 2. The lowest BCUT2D eigenvalue weighted by Gasteiger charge is -2.03. The van der Waals surface area contributed by atoms with E-state index >= 15 is 0 Å². The molecule has 0 aliphatic carbocycles. The lowest BCUT2D eigenvalue weighted by Crippen LogP contribution is -2.02. The molecule has 0 saturated carbocycles. The van der Waals surface area contributed by atoms with Crippen molar-refractivity contribution in [2.45, 2.75) is 6.42 Å². The molecule has 4 nitrogen and oxygen atoms in total. The van der Waals surface area contributed by atoms with E-state index in [0.29, 0.717) is 5.56 Å². The van der Waals surface area contributed by atoms with E-state index in [-0.39, 0.29) is 17.7 Å². The SMILES string of the molecule is O=C(O)Cc1[nH]ncc1-c1ccc(F)cc1F. The number of carboxylic acid groups (broad SMARTS) is 1. The van der Waals surface area contributed by atoms with Gasteiger partial charge in [-0.1, -0.05) is 0 Å². The summed E-state index contributed by atoms with van der Waals surface area (Å²) >= 11 is 0. The van der Waals surface area contributed by atoms with Crippen molar-refractivity contribution in [1.82, 2.24) is 10.2 Å². The number of H-pyrrole nitrogens is 1. The Kier molecular flexibility index (Phi) is 2.86. The molecule has 0 unspecified atom stereocenters. The van der Waals surface area contributed by atoms with Crippen LogP contribution in [-0.4, -0.2) is 21.3 Å². The van der Waals surface area contributed by atoms with Gasteiger partial charge >= 0.3 is 5.97 Å². The highest BCUT2D eigenvalue weighted by Crippen LogP contribution is 2.25. The van der Waals surface area contributed by atoms with Crippen LogP contribution in [0.25, 0.3) is 11.1 Å². The highest BCUT2D eigenvalue weighted by molar-refractivity contribution is 5.75. The molecule has 1 aromatic carbocycles. The molecule has 6 heteroatoms. The van der Waals surface area contributed by atoms with Crippen molar-refractivity contribution in [3.8, 4) is 11.1 Å². The van der Waals surface area contributed by atoms with E-state index in [1.165, 1.54) is 12.3 Å². The van der Waals surface area contributed by atoms with Crippen molar-refractivity contribution in [2.24, 2.45) is 0 Å². The molecule has 0 amide bonds. The molecule has 0 aliphatic rings. The standard InChI is InChI=1S/C11H8F2N2O2/c12-6-1-2-7(9(13)3-6)8-5-14-15-10(8)4-11(16)17/h1-3,5H,4H2,(H,14,15)(H,16,17). The average molecular weight is 238 g/mol. The Balaban J connectivity index is 2.46. The molecular weight excluding hydrogens is 230 g/mol. The van der Waals surface area contributed by atoms with Gasteiger partial charge in [0.2, 0.25) is 0 Å². The van der Waals surface area contributed by atoms with E-state index in [9.17, 15) is 13.6 Å². The van der Waals surface area contributed by atoms with Crippen molar-refractivity contribution in [3.63, 3.8) is 0 Å². The molecule has 0 spiro atoms. The number of rotatable bonds is 3. The summed E-state index contributed by atoms with van der Waals surface area (Å²) in [7, 11) is 0. The number of carboxylic acids is 1. The van der Waals surface area contributed by atoms with Gasteiger partial charge in [-0.25, -0.2) is 8.78 Å². The lowest BCUT2D eigenvalue weighted by molar-refractivity contribution is -0.136. The average Bonchev–Trinajstić information content (AvgIpc) is 2.65. The number of nitrogens with zero attached hydrogens (tertiary/aromatic N) is 1. The van der Waals surface area contributed by atoms with Crippen LogP contribution in [0.3, 0.4) is 0 Å². The molecule has 2 N–H and O–H groups in total. The lowest BCUT2D eigenvalue weighted by atomic mass is 10.0. The molecule has 1 aromatic heterocycles. The van der Waals surface area contributed by atoms with Gasteiger partial charge in [-0.2, -0.15) is 5.10 Å². The van der Waals surface area contributed by atoms with Crippen LogP contribution in [-0.2, 0) is 11.2 Å². The van der Waals surface area contributed by atoms with Crippen LogP contribution >= 0.6 is 0 Å². The van der Waals surface area contributed by atoms with Crippen molar-refractivity contribution < 1.29 is 18.7 Å². The zero-order valence-corrected chi connectivity index (χ0v) is 8.58. The molecular formula is C11H8F2N2O2. The number of aromatic nitrogens is 2. The highest BCUT2D eigenvalue weighted by atomic mass is 19.1. The number of halogens is 2. The molecule has 88 valence electrons. The van der Waals surface area contributed by atoms with Crippen LogP contribution in [0.5, 0.6) is 0 Å². The minimum Gasteiger partial charge on any atom is -0.481 e. The monoisotopic (exact) mass is 238 g/mol. The van der Waals surface area contributed by atoms with E-state index in [1.807, 2.05) is 0 Å². The summed E-state index contributed by atoms with van der Waals surface area (Å²) < 4.78 is 26.2. The summed E-state index contributed by atoms with van der Waals surface area (Å²) in [5.74, 6) is -2.49. The molecule has 0 bridgehead atoms. The van der Waals surface area contributed by atoms with Crippen LogP contribution < -0.4 is 0 Å². The Hall–Kier alpha value is -2.24. The van der Waals surface area contributed by atoms with Gasteiger partial charge in [0.1, 0.15) is 11.6 Å². The summed E-state index contributed by atoms with van der Waals surface area (Å²) in [6.45, 7) is 0. The quantitative estimate of drug-likeness (QED) is 0.859. The topological polar surface area (TPSA) is 66.0 Å². The maximum atomic E-state index is 13.5. The first-order valence-corrected chi connectivity index (χ1v) is 4.77. The van der Waals surface area contributed by atoms with E-state index in [1.54, 1.807) is 0 Å². The van der Waals surface area contributed by atoms with Crippen LogP contribution in [0.2, 0.25) is 0 Å². The third-order valence-corrected chi connectivity index (χ3v) is 2.27. The van der Waals surface area contributed by atoms with Crippen molar-refractivity contribution >= 4 is 5.97 Å². The molecule has 0 atom stereocenters. The van der Waals surface area contributed by atoms with Crippen molar-refractivity contribution in [3.05, 3.63) is 41.7 Å². The third-order valence-electron chi connectivity index (χ3n) is 2.27. The smallest absolute Gasteiger partial charge is 0.309 e. The minimum atomic E-state index is -1.06. The molecule has 1 heterocycles. The number of aliphatic carboxylic acids is 1. The Labute approximate surface area is 94.9 Å². The van der Waals surface area contributed by atoms with E-state index in [4.69, 9.17) is 5.11 Å². The molecule has 17 heavy (non-hydrogen) atoms. The summed E-state index contributed by atoms with van der Waals surface area (Å²) in [5, 5.41) is 14.8. The summed E-state index contributed by atoms with van der Waals surface area (Å²) in [4.78, 5) is 10.6. The van der Waals surface area contributed by atoms with Gasteiger partial charge in [0.15, 0.2) is 0 Å². The van der Waals surface area contributed by atoms with E-state index in [0.717, 1.165) is 12.1 Å². The summed E-state index contributed by atoms with van der Waals surface area (Å²) in [6, 6.07) is 3.10. The minimum absolute atomic E-state index is 0.122. The fourth-order valence-electron chi connectivity index (χ4n) is 1.54. The molecule has 2 rings (SSSR count). The van der Waals surface area contributed by atoms with Crippen LogP contribution in [0.4, 0.5) is 8.78 Å². The Morgan fingerprint density at radius 2 is 2.12 bits per heavy atom. The second-order valence-corrected chi connectivity index (χ2v) is 3.46. The predicted octanol–water partition coefficient (Wildman–Crippen LogP) is 1.98. The molecule has 0 fully saturated rings. The van der Waals surface area contributed by atoms with Crippen molar-refractivity contribution in [1.29, 1.82) is 0 Å². The van der Waals surface area contributed by atoms with Crippen LogP contribution in [0, 0.1) is 11.6 Å². The fraction of sp³-hybridized carbons (Fsp3) is 0.0909. The van der Waals surface area contributed by atoms with Gasteiger partial charge in [0, 0.05) is 17.2 Å². The van der Waals surface area contributed by atoms with Crippen LogP contribution in [0.1, 0.15) is 5.69 Å². The zero-order chi connectivity index (χ0) is 12.4. The zero-order valence-electron chi connectivity index (χ0n) is 8.58. The number of carbonyl (C=O) groups is 1. The van der Waals surface area contributed by atoms with Gasteiger partial charge < -0.3 is 5.11 Å². The normalized spacial score (nSPS) is 10.5. The maximum absolute atomic E-state index is 13.5. The number of aromatic amines is 1. The predicted molar refractivity (Wildman–Crippen MR) is 55.3 cm³/mol. The first-order valence-electron chi connectivity index (χ1n) is 4.77. The Morgan fingerprint density at radius 3 is 2.76 bits per heavy atom. The number of benzene rings is 1. The highest BCUT2D eigenvalue weighted by Gasteiger charge is 2.14. The summed E-state index contributed by atoms with van der Waals surface area (Å²) in [6.07, 6.45) is 1.01. The number of nitrogens with one attached hydrogen (secondary N) is 1. The maximum Gasteiger partial charge on any atom is 0.309 e. The first kappa shape index (κ1) is 11.3. The molecule has 2 aromatic rings. The first-order chi connectivity index (χ1) is 8.08. The fourth-order valence-corrected chi connectivity index (χ4v) is 1.54. The third kappa shape index (κ3) is 2.30. The van der Waals surface area contributed by atoms with Gasteiger partial charge in [-0.3, -0.25) is 9.89 Å². The van der Waals surface area contributed by atoms with Gasteiger partial charge in [0.25, 0.3) is 0 Å². The Morgan fingerprint density at radius 1 is 1.35 bits per heavy atom. The molecule has 0 radical (unpaired) electrons. The van der Waals surface area contributed by atoms with Crippen molar-refractivity contribution in [2.75, 3.05) is 0 Å². The molecule has 0 aliphatic heterocycles. The second-order valence-electron chi connectivity index (χ2n) is 3.46. The second kappa shape index (κ2) is 4.32. The number of hydrogen-bond acceptors (Lipinski definition) is 2. The van der Waals surface area contributed by atoms with E-state index < -0.39 is 17.6 Å².